The molecule has 0 unspecified atom stereocenters. The molecule has 1 aromatic rings. The minimum Gasteiger partial charge on any atom is -0.870 e. The van der Waals surface area contributed by atoms with Gasteiger partial charge in [0.15, 0.2) is 17.4 Å². The summed E-state index contributed by atoms with van der Waals surface area (Å²) in [6.45, 7) is 1.87. The number of hydrogen-bond acceptors (Lipinski definition) is 2. The molecule has 66 valence electrons. The van der Waals surface area contributed by atoms with Crippen molar-refractivity contribution in [3.05, 3.63) is 23.8 Å². The molecule has 4 heteroatoms. The lowest BCUT2D eigenvalue weighted by molar-refractivity contribution is -0.273. The van der Waals surface area contributed by atoms with Crippen molar-refractivity contribution >= 4 is 0 Å². The predicted octanol–water partition coefficient (Wildman–Crippen LogP) is 1.44. The van der Waals surface area contributed by atoms with Crippen LogP contribution in [-0.2, 0) is 0 Å². The van der Waals surface area contributed by atoms with E-state index in [1.807, 2.05) is 0 Å². The van der Waals surface area contributed by atoms with Crippen molar-refractivity contribution in [1.82, 2.24) is 0 Å². The Morgan fingerprint density at radius 2 is 2.00 bits per heavy atom. The fourth-order valence-corrected chi connectivity index (χ4v) is 0.781. The van der Waals surface area contributed by atoms with E-state index in [0.717, 1.165) is 12.1 Å². The highest BCUT2D eigenvalue weighted by Crippen LogP contribution is 2.24. The number of ether oxygens (including phenoxy) is 1. The summed E-state index contributed by atoms with van der Waals surface area (Å²) in [5.41, 5.74) is 0. The van der Waals surface area contributed by atoms with Crippen molar-refractivity contribution in [1.29, 1.82) is 0 Å². The average Bonchev–Trinajstić information content (AvgIpc) is 2.07. The maximum atomic E-state index is 12.7. The van der Waals surface area contributed by atoms with E-state index in [2.05, 4.69) is 0 Å². The fourth-order valence-electron chi connectivity index (χ4n) is 0.781. The maximum Gasteiger partial charge on any atom is 0.199 e. The van der Waals surface area contributed by atoms with Gasteiger partial charge in [-0.2, -0.15) is 4.39 Å². The molecular weight excluding hydrogens is 166 g/mol. The van der Waals surface area contributed by atoms with E-state index >= 15 is 0 Å². The van der Waals surface area contributed by atoms with Gasteiger partial charge in [-0.15, -0.1) is 0 Å². The van der Waals surface area contributed by atoms with E-state index in [-0.39, 0.29) is 12.4 Å². The van der Waals surface area contributed by atoms with Crippen molar-refractivity contribution < 1.29 is 18.6 Å². The zero-order valence-corrected chi connectivity index (χ0v) is 6.43. The van der Waals surface area contributed by atoms with Crippen LogP contribution in [0.3, 0.4) is 0 Å². The van der Waals surface area contributed by atoms with Crippen LogP contribution < -0.4 is 9.84 Å². The lowest BCUT2D eigenvalue weighted by Gasteiger charge is -2.10. The molecule has 0 atom stereocenters. The van der Waals surface area contributed by atoms with E-state index in [4.69, 9.17) is 4.74 Å². The third-order valence-electron chi connectivity index (χ3n) is 1.31. The third kappa shape index (κ3) is 1.47. The Morgan fingerprint density at radius 1 is 1.33 bits per heavy atom. The van der Waals surface area contributed by atoms with Gasteiger partial charge in [-0.05, 0) is 13.0 Å². The highest BCUT2D eigenvalue weighted by atomic mass is 19.2. The Labute approximate surface area is 68.4 Å². The second-order valence-electron chi connectivity index (χ2n) is 2.12. The summed E-state index contributed by atoms with van der Waals surface area (Å²) >= 11 is 0. The van der Waals surface area contributed by atoms with Crippen LogP contribution in [0.5, 0.6) is 11.5 Å². The molecule has 0 saturated carbocycles. The molecule has 0 saturated heterocycles. The lowest BCUT2D eigenvalue weighted by atomic mass is 10.3. The van der Waals surface area contributed by atoms with Crippen LogP contribution in [0.2, 0.25) is 0 Å². The Hall–Kier alpha value is -1.32. The van der Waals surface area contributed by atoms with E-state index in [9.17, 15) is 13.9 Å². The number of rotatable bonds is 2. The quantitative estimate of drug-likeness (QED) is 0.677. The van der Waals surface area contributed by atoms with Crippen LogP contribution in [0.4, 0.5) is 8.78 Å². The first kappa shape index (κ1) is 8.77. The third-order valence-corrected chi connectivity index (χ3v) is 1.31. The van der Waals surface area contributed by atoms with Gasteiger partial charge in [-0.25, -0.2) is 4.39 Å². The summed E-state index contributed by atoms with van der Waals surface area (Å²) in [6, 6.07) is 2.05. The highest BCUT2D eigenvalue weighted by molar-refractivity contribution is 5.33. The molecule has 0 aliphatic rings. The molecule has 0 N–H and O–H groups in total. The Kier molecular flexibility index (Phi) is 2.47. The molecule has 0 heterocycles. The fraction of sp³-hybridized carbons (Fsp3) is 0.250. The van der Waals surface area contributed by atoms with Crippen LogP contribution in [0.15, 0.2) is 12.1 Å². The second kappa shape index (κ2) is 3.38. The van der Waals surface area contributed by atoms with Crippen molar-refractivity contribution in [2.45, 2.75) is 6.92 Å². The molecule has 0 radical (unpaired) electrons. The minimum absolute atomic E-state index is 0.227. The minimum atomic E-state index is -1.39. The maximum absolute atomic E-state index is 12.7. The first-order valence-corrected chi connectivity index (χ1v) is 3.44. The number of benzene rings is 1. The Balaban J connectivity index is 3.08. The summed E-state index contributed by atoms with van der Waals surface area (Å²) in [7, 11) is 0. The van der Waals surface area contributed by atoms with Gasteiger partial charge in [-0.3, -0.25) is 0 Å². The van der Waals surface area contributed by atoms with Crippen LogP contribution in [0.25, 0.3) is 0 Å². The second-order valence-corrected chi connectivity index (χ2v) is 2.12. The van der Waals surface area contributed by atoms with Gasteiger partial charge < -0.3 is 9.84 Å². The van der Waals surface area contributed by atoms with E-state index in [1.165, 1.54) is 0 Å². The van der Waals surface area contributed by atoms with Crippen LogP contribution in [0.1, 0.15) is 6.92 Å². The van der Waals surface area contributed by atoms with Crippen molar-refractivity contribution in [2.75, 3.05) is 6.61 Å². The van der Waals surface area contributed by atoms with Gasteiger partial charge in [0.1, 0.15) is 0 Å². The monoisotopic (exact) mass is 173 g/mol. The van der Waals surface area contributed by atoms with Gasteiger partial charge in [0, 0.05) is 0 Å². The normalized spacial score (nSPS) is 9.92. The molecule has 1 rings (SSSR count). The number of hydrogen-bond donors (Lipinski definition) is 0. The average molecular weight is 173 g/mol. The molecule has 0 bridgehead atoms. The smallest absolute Gasteiger partial charge is 0.199 e. The van der Waals surface area contributed by atoms with Gasteiger partial charge in [0.2, 0.25) is 0 Å². The van der Waals surface area contributed by atoms with Crippen LogP contribution in [-0.4, -0.2) is 6.61 Å². The van der Waals surface area contributed by atoms with Crippen LogP contribution in [0, 0.1) is 11.6 Å². The summed E-state index contributed by atoms with van der Waals surface area (Å²) in [5, 5.41) is 10.5. The Bertz CT molecular complexity index is 287. The van der Waals surface area contributed by atoms with E-state index in [1.54, 1.807) is 6.92 Å². The summed E-state index contributed by atoms with van der Waals surface area (Å²) in [6.07, 6.45) is 0. The largest absolute Gasteiger partial charge is 0.870 e. The lowest BCUT2D eigenvalue weighted by Crippen LogP contribution is -2.01. The van der Waals surface area contributed by atoms with E-state index in [0.29, 0.717) is 0 Å². The first-order valence-electron chi connectivity index (χ1n) is 3.44. The standard InChI is InChI=1S/C8H8F2O2/c1-2-12-6-4-3-5(11)7(9)8(6)10/h3-4,11H,2H2,1H3/p-1. The molecule has 12 heavy (non-hydrogen) atoms. The van der Waals surface area contributed by atoms with Crippen molar-refractivity contribution in [2.24, 2.45) is 0 Å². The topological polar surface area (TPSA) is 32.3 Å². The van der Waals surface area contributed by atoms with Crippen LogP contribution >= 0.6 is 0 Å². The van der Waals surface area contributed by atoms with Gasteiger partial charge in [-0.1, -0.05) is 11.8 Å². The SMILES string of the molecule is CCOc1ccc([O-])c(F)c1F. The zero-order chi connectivity index (χ0) is 9.14. The molecule has 0 fully saturated rings. The first-order chi connectivity index (χ1) is 5.66. The molecule has 0 aliphatic heterocycles. The van der Waals surface area contributed by atoms with Crippen molar-refractivity contribution in [3.63, 3.8) is 0 Å². The van der Waals surface area contributed by atoms with Gasteiger partial charge >= 0.3 is 0 Å². The predicted molar refractivity (Wildman–Crippen MR) is 37.0 cm³/mol. The zero-order valence-electron chi connectivity index (χ0n) is 6.43. The molecule has 0 amide bonds. The summed E-state index contributed by atoms with van der Waals surface area (Å²) in [5.74, 6) is -3.80. The molecule has 0 aliphatic carbocycles. The Morgan fingerprint density at radius 3 is 2.58 bits per heavy atom. The van der Waals surface area contributed by atoms with Crippen molar-refractivity contribution in [3.8, 4) is 11.5 Å². The van der Waals surface area contributed by atoms with Gasteiger partial charge in [0.25, 0.3) is 0 Å². The molecular formula is C8H7F2O2-. The molecule has 0 spiro atoms. The molecule has 1 aromatic carbocycles. The summed E-state index contributed by atoms with van der Waals surface area (Å²) in [4.78, 5) is 0. The van der Waals surface area contributed by atoms with Gasteiger partial charge in [0.05, 0.1) is 6.61 Å². The highest BCUT2D eigenvalue weighted by Gasteiger charge is 2.08. The number of halogens is 2. The van der Waals surface area contributed by atoms with E-state index < -0.39 is 17.4 Å². The summed E-state index contributed by atoms with van der Waals surface area (Å²) < 4.78 is 30.0. The molecule has 0 aromatic heterocycles. The molecule has 2 nitrogen and oxygen atoms in total.